The van der Waals surface area contributed by atoms with Gasteiger partial charge in [0.25, 0.3) is 0 Å². The standard InChI is InChI=1S/C15H19N3O2S3/c1-3-18(4-2)14(20)10-21-9-13(19)17-15-16-11(8-23-15)12-6-5-7-22-12/h5-8H,3-4,9-10H2,1-2H3,(H,16,17,19). The molecule has 0 radical (unpaired) electrons. The molecule has 0 aromatic carbocycles. The summed E-state index contributed by atoms with van der Waals surface area (Å²) in [6, 6.07) is 3.97. The van der Waals surface area contributed by atoms with Gasteiger partial charge >= 0.3 is 0 Å². The maximum Gasteiger partial charge on any atom is 0.236 e. The van der Waals surface area contributed by atoms with Crippen molar-refractivity contribution in [1.82, 2.24) is 9.88 Å². The molecule has 8 heteroatoms. The lowest BCUT2D eigenvalue weighted by Crippen LogP contribution is -2.32. The third-order valence-corrected chi connectivity index (χ3v) is 5.67. The molecule has 124 valence electrons. The van der Waals surface area contributed by atoms with Crippen LogP contribution in [-0.2, 0) is 9.59 Å². The van der Waals surface area contributed by atoms with E-state index in [2.05, 4.69) is 10.3 Å². The molecular formula is C15H19N3O2S3. The van der Waals surface area contributed by atoms with Crippen molar-refractivity contribution < 1.29 is 9.59 Å². The van der Waals surface area contributed by atoms with Crippen LogP contribution in [0.15, 0.2) is 22.9 Å². The van der Waals surface area contributed by atoms with Crippen LogP contribution in [0, 0.1) is 0 Å². The van der Waals surface area contributed by atoms with E-state index in [0.717, 1.165) is 10.6 Å². The van der Waals surface area contributed by atoms with E-state index < -0.39 is 0 Å². The number of carbonyl (C=O) groups is 2. The van der Waals surface area contributed by atoms with E-state index in [9.17, 15) is 9.59 Å². The summed E-state index contributed by atoms with van der Waals surface area (Å²) in [5.41, 5.74) is 0.879. The number of thiophene rings is 1. The first-order chi connectivity index (χ1) is 11.1. The molecule has 0 fully saturated rings. The van der Waals surface area contributed by atoms with E-state index in [-0.39, 0.29) is 17.6 Å². The summed E-state index contributed by atoms with van der Waals surface area (Å²) in [5, 5.41) is 7.30. The quantitative estimate of drug-likeness (QED) is 0.774. The summed E-state index contributed by atoms with van der Waals surface area (Å²) in [6.07, 6.45) is 0. The van der Waals surface area contributed by atoms with Crippen LogP contribution in [0.25, 0.3) is 10.6 Å². The van der Waals surface area contributed by atoms with E-state index in [0.29, 0.717) is 24.0 Å². The Morgan fingerprint density at radius 3 is 2.70 bits per heavy atom. The van der Waals surface area contributed by atoms with E-state index in [1.165, 1.54) is 23.1 Å². The fraction of sp³-hybridized carbons (Fsp3) is 0.400. The zero-order chi connectivity index (χ0) is 16.7. The van der Waals surface area contributed by atoms with Crippen LogP contribution in [0.5, 0.6) is 0 Å². The lowest BCUT2D eigenvalue weighted by atomic mass is 10.4. The lowest BCUT2D eigenvalue weighted by Gasteiger charge is -2.17. The molecule has 1 N–H and O–H groups in total. The Morgan fingerprint density at radius 2 is 2.04 bits per heavy atom. The number of amides is 2. The van der Waals surface area contributed by atoms with E-state index in [1.807, 2.05) is 36.7 Å². The van der Waals surface area contributed by atoms with Crippen LogP contribution >= 0.6 is 34.4 Å². The van der Waals surface area contributed by atoms with Crippen molar-refractivity contribution in [2.75, 3.05) is 29.9 Å². The minimum atomic E-state index is -0.130. The maximum absolute atomic E-state index is 11.9. The number of thiazole rings is 1. The summed E-state index contributed by atoms with van der Waals surface area (Å²) in [7, 11) is 0. The number of hydrogen-bond acceptors (Lipinski definition) is 6. The second kappa shape index (κ2) is 9.05. The number of thioether (sulfide) groups is 1. The molecule has 0 spiro atoms. The second-order valence-electron chi connectivity index (χ2n) is 4.62. The molecule has 0 saturated carbocycles. The van der Waals surface area contributed by atoms with Gasteiger partial charge in [0, 0.05) is 18.5 Å². The van der Waals surface area contributed by atoms with Gasteiger partial charge in [0.1, 0.15) is 0 Å². The van der Waals surface area contributed by atoms with Crippen molar-refractivity contribution in [1.29, 1.82) is 0 Å². The van der Waals surface area contributed by atoms with Gasteiger partial charge in [-0.05, 0) is 25.3 Å². The number of rotatable bonds is 8. The summed E-state index contributed by atoms with van der Waals surface area (Å²) in [4.78, 5) is 31.0. The van der Waals surface area contributed by atoms with E-state index in [4.69, 9.17) is 0 Å². The molecule has 0 unspecified atom stereocenters. The van der Waals surface area contributed by atoms with Crippen molar-refractivity contribution in [2.24, 2.45) is 0 Å². The molecular weight excluding hydrogens is 350 g/mol. The van der Waals surface area contributed by atoms with E-state index in [1.54, 1.807) is 16.2 Å². The van der Waals surface area contributed by atoms with Crippen LogP contribution in [-0.4, -0.2) is 46.3 Å². The number of hydrogen-bond donors (Lipinski definition) is 1. The first-order valence-corrected chi connectivity index (χ1v) is 10.2. The SMILES string of the molecule is CCN(CC)C(=O)CSCC(=O)Nc1nc(-c2cccs2)cs1. The minimum absolute atomic E-state index is 0.0713. The van der Waals surface area contributed by atoms with Gasteiger partial charge < -0.3 is 10.2 Å². The minimum Gasteiger partial charge on any atom is -0.343 e. The molecule has 0 aliphatic carbocycles. The van der Waals surface area contributed by atoms with Gasteiger partial charge in [-0.15, -0.1) is 34.4 Å². The van der Waals surface area contributed by atoms with Crippen LogP contribution in [0.1, 0.15) is 13.8 Å². The molecule has 0 saturated heterocycles. The monoisotopic (exact) mass is 369 g/mol. The highest BCUT2D eigenvalue weighted by atomic mass is 32.2. The van der Waals surface area contributed by atoms with Crippen molar-refractivity contribution in [3.05, 3.63) is 22.9 Å². The molecule has 2 aromatic rings. The molecule has 5 nitrogen and oxygen atoms in total. The topological polar surface area (TPSA) is 62.3 Å². The summed E-state index contributed by atoms with van der Waals surface area (Å²) >= 11 is 4.35. The Hall–Kier alpha value is -1.38. The third kappa shape index (κ3) is 5.33. The molecule has 0 bridgehead atoms. The molecule has 2 amide bonds. The zero-order valence-corrected chi connectivity index (χ0v) is 15.5. The molecule has 23 heavy (non-hydrogen) atoms. The smallest absolute Gasteiger partial charge is 0.236 e. The van der Waals surface area contributed by atoms with Crippen LogP contribution in [0.4, 0.5) is 5.13 Å². The molecule has 0 atom stereocenters. The first kappa shape index (κ1) is 18.0. The average molecular weight is 370 g/mol. The van der Waals surface area contributed by atoms with Gasteiger partial charge in [-0.3, -0.25) is 9.59 Å². The predicted octanol–water partition coefficient (Wildman–Crippen LogP) is 3.41. The maximum atomic E-state index is 11.9. The number of anilines is 1. The van der Waals surface area contributed by atoms with Crippen molar-refractivity contribution in [3.8, 4) is 10.6 Å². The lowest BCUT2D eigenvalue weighted by molar-refractivity contribution is -0.127. The molecule has 0 aliphatic rings. The second-order valence-corrected chi connectivity index (χ2v) is 7.41. The van der Waals surface area contributed by atoms with E-state index >= 15 is 0 Å². The number of nitrogens with zero attached hydrogens (tertiary/aromatic N) is 2. The Bertz CT molecular complexity index is 636. The number of carbonyl (C=O) groups excluding carboxylic acids is 2. The van der Waals surface area contributed by atoms with Gasteiger partial charge in [0.2, 0.25) is 11.8 Å². The fourth-order valence-electron chi connectivity index (χ4n) is 1.92. The van der Waals surface area contributed by atoms with Crippen molar-refractivity contribution >= 4 is 51.4 Å². The Kier molecular flexibility index (Phi) is 7.07. The molecule has 2 heterocycles. The highest BCUT2D eigenvalue weighted by molar-refractivity contribution is 8.00. The number of nitrogens with one attached hydrogen (secondary N) is 1. The van der Waals surface area contributed by atoms with Crippen molar-refractivity contribution in [3.63, 3.8) is 0 Å². The highest BCUT2D eigenvalue weighted by Gasteiger charge is 2.12. The Morgan fingerprint density at radius 1 is 1.26 bits per heavy atom. The Balaban J connectivity index is 1.76. The Labute approximate surface area is 148 Å². The summed E-state index contributed by atoms with van der Waals surface area (Å²) in [5.74, 6) is 0.519. The van der Waals surface area contributed by atoms with Gasteiger partial charge in [0.05, 0.1) is 22.1 Å². The third-order valence-electron chi connectivity index (χ3n) is 3.10. The van der Waals surface area contributed by atoms with Gasteiger partial charge in [-0.1, -0.05) is 6.07 Å². The van der Waals surface area contributed by atoms with Gasteiger partial charge in [0.15, 0.2) is 5.13 Å². The van der Waals surface area contributed by atoms with Crippen LogP contribution in [0.2, 0.25) is 0 Å². The molecule has 2 aromatic heterocycles. The van der Waals surface area contributed by atoms with Crippen LogP contribution < -0.4 is 5.32 Å². The number of aromatic nitrogens is 1. The summed E-state index contributed by atoms with van der Waals surface area (Å²) in [6.45, 7) is 5.30. The molecule has 0 aliphatic heterocycles. The van der Waals surface area contributed by atoms with Crippen LogP contribution in [0.3, 0.4) is 0 Å². The van der Waals surface area contributed by atoms with Gasteiger partial charge in [-0.2, -0.15) is 0 Å². The normalized spacial score (nSPS) is 10.5. The average Bonchev–Trinajstić information content (AvgIpc) is 3.19. The predicted molar refractivity (Wildman–Crippen MR) is 99.3 cm³/mol. The largest absolute Gasteiger partial charge is 0.343 e. The van der Waals surface area contributed by atoms with Crippen molar-refractivity contribution in [2.45, 2.75) is 13.8 Å². The van der Waals surface area contributed by atoms with Gasteiger partial charge in [-0.25, -0.2) is 4.98 Å². The highest BCUT2D eigenvalue weighted by Crippen LogP contribution is 2.28. The summed E-state index contributed by atoms with van der Waals surface area (Å²) < 4.78 is 0. The molecule has 2 rings (SSSR count). The fourth-order valence-corrected chi connectivity index (χ4v) is 4.13. The zero-order valence-electron chi connectivity index (χ0n) is 13.1. The first-order valence-electron chi connectivity index (χ1n) is 7.28.